The number of rotatable bonds is 2. The molecule has 1 aromatic rings. The van der Waals surface area contributed by atoms with Gasteiger partial charge in [0, 0.05) is 10.3 Å². The second-order valence-electron chi connectivity index (χ2n) is 5.74. The van der Waals surface area contributed by atoms with Gasteiger partial charge >= 0.3 is 0 Å². The molecule has 3 fully saturated rings. The van der Waals surface area contributed by atoms with Gasteiger partial charge in [-0.25, -0.2) is 0 Å². The Labute approximate surface area is 125 Å². The van der Waals surface area contributed by atoms with Crippen LogP contribution in [0.2, 0.25) is 0 Å². The third-order valence-electron chi connectivity index (χ3n) is 4.49. The van der Waals surface area contributed by atoms with Gasteiger partial charge in [-0.2, -0.15) is 5.01 Å². The third kappa shape index (κ3) is 1.77. The number of aryl methyl sites for hydroxylation is 1. The summed E-state index contributed by atoms with van der Waals surface area (Å²) in [5.74, 6) is -1.93. The van der Waals surface area contributed by atoms with Crippen LogP contribution >= 0.6 is 11.3 Å². The average Bonchev–Trinajstić information content (AvgIpc) is 3.19. The number of imide groups is 1. The Morgan fingerprint density at radius 3 is 2.43 bits per heavy atom. The fourth-order valence-electron chi connectivity index (χ4n) is 3.55. The Kier molecular flexibility index (Phi) is 2.71. The molecule has 0 saturated carbocycles. The van der Waals surface area contributed by atoms with Gasteiger partial charge in [-0.15, -0.1) is 11.3 Å². The molecule has 3 aliphatic rings. The second-order valence-corrected chi connectivity index (χ2v) is 6.86. The second kappa shape index (κ2) is 4.38. The summed E-state index contributed by atoms with van der Waals surface area (Å²) in [5, 5.41) is 2.61. The minimum absolute atomic E-state index is 0.165. The first-order valence-corrected chi connectivity index (χ1v) is 7.83. The van der Waals surface area contributed by atoms with Gasteiger partial charge in [-0.1, -0.05) is 0 Å². The zero-order valence-electron chi connectivity index (χ0n) is 11.4. The summed E-state index contributed by atoms with van der Waals surface area (Å²) in [7, 11) is 0. The first kappa shape index (κ1) is 13.0. The van der Waals surface area contributed by atoms with Gasteiger partial charge in [0.05, 0.1) is 29.6 Å². The molecule has 6 nitrogen and oxygen atoms in total. The highest BCUT2D eigenvalue weighted by atomic mass is 32.1. The largest absolute Gasteiger partial charge is 0.373 e. The smallest absolute Gasteiger partial charge is 0.271 e. The maximum absolute atomic E-state index is 12.4. The Bertz CT molecular complexity index is 627. The molecule has 4 rings (SSSR count). The number of hydrogen-bond donors (Lipinski definition) is 1. The highest BCUT2D eigenvalue weighted by Gasteiger charge is 2.62. The van der Waals surface area contributed by atoms with Gasteiger partial charge in [0.15, 0.2) is 0 Å². The molecule has 0 radical (unpaired) electrons. The number of ether oxygens (including phenoxy) is 1. The fraction of sp³-hybridized carbons (Fsp3) is 0.500. The van der Waals surface area contributed by atoms with Crippen molar-refractivity contribution in [2.24, 2.45) is 11.8 Å². The molecule has 7 heteroatoms. The van der Waals surface area contributed by atoms with E-state index >= 15 is 0 Å². The van der Waals surface area contributed by atoms with Gasteiger partial charge in [-0.3, -0.25) is 19.8 Å². The molecule has 21 heavy (non-hydrogen) atoms. The predicted octanol–water partition coefficient (Wildman–Crippen LogP) is 0.864. The topological polar surface area (TPSA) is 75.7 Å². The van der Waals surface area contributed by atoms with Crippen molar-refractivity contribution in [3.63, 3.8) is 0 Å². The van der Waals surface area contributed by atoms with E-state index in [1.54, 1.807) is 11.4 Å². The molecule has 4 atom stereocenters. The van der Waals surface area contributed by atoms with Crippen LogP contribution in [0.25, 0.3) is 0 Å². The molecule has 1 N–H and O–H groups in total. The molecule has 2 bridgehead atoms. The summed E-state index contributed by atoms with van der Waals surface area (Å²) in [4.78, 5) is 37.9. The molecule has 0 aliphatic carbocycles. The summed E-state index contributed by atoms with van der Waals surface area (Å²) < 4.78 is 5.64. The molecule has 0 aromatic carbocycles. The van der Waals surface area contributed by atoms with Gasteiger partial charge in [0.1, 0.15) is 0 Å². The predicted molar refractivity (Wildman–Crippen MR) is 73.3 cm³/mol. The van der Waals surface area contributed by atoms with E-state index in [4.69, 9.17) is 4.74 Å². The van der Waals surface area contributed by atoms with Gasteiger partial charge in [0.2, 0.25) is 0 Å². The van der Waals surface area contributed by atoms with Crippen LogP contribution in [-0.4, -0.2) is 34.9 Å². The van der Waals surface area contributed by atoms with E-state index < -0.39 is 17.7 Å². The zero-order chi connectivity index (χ0) is 14.7. The van der Waals surface area contributed by atoms with Gasteiger partial charge in [-0.05, 0) is 25.8 Å². The maximum atomic E-state index is 12.4. The number of carbonyl (C=O) groups excluding carboxylic acids is 3. The van der Waals surface area contributed by atoms with E-state index in [1.807, 2.05) is 6.92 Å². The van der Waals surface area contributed by atoms with Crippen LogP contribution in [0, 0.1) is 18.8 Å². The van der Waals surface area contributed by atoms with E-state index in [2.05, 4.69) is 5.43 Å². The monoisotopic (exact) mass is 306 g/mol. The highest BCUT2D eigenvalue weighted by molar-refractivity contribution is 7.10. The van der Waals surface area contributed by atoms with Crippen molar-refractivity contribution < 1.29 is 19.1 Å². The van der Waals surface area contributed by atoms with Crippen LogP contribution in [0.5, 0.6) is 0 Å². The Hall–Kier alpha value is -1.73. The molecular formula is C14H14N2O4S. The molecule has 0 spiro atoms. The SMILES string of the molecule is Cc1cc(C(=O)NN2C(=O)[C@@H]3[C@H](C2=O)[C@@H]2CC[C@@H]3O2)cs1. The van der Waals surface area contributed by atoms with E-state index in [1.165, 1.54) is 11.3 Å². The van der Waals surface area contributed by atoms with Crippen molar-refractivity contribution in [3.8, 4) is 0 Å². The summed E-state index contributed by atoms with van der Waals surface area (Å²) in [6.45, 7) is 1.90. The first-order chi connectivity index (χ1) is 10.1. The number of hydrogen-bond acceptors (Lipinski definition) is 5. The lowest BCUT2D eigenvalue weighted by molar-refractivity contribution is -0.145. The van der Waals surface area contributed by atoms with E-state index in [0.717, 1.165) is 22.7 Å². The van der Waals surface area contributed by atoms with Crippen molar-refractivity contribution >= 4 is 29.1 Å². The van der Waals surface area contributed by atoms with Crippen LogP contribution < -0.4 is 5.43 Å². The highest BCUT2D eigenvalue weighted by Crippen LogP contribution is 2.48. The average molecular weight is 306 g/mol. The fourth-order valence-corrected chi connectivity index (χ4v) is 4.23. The Morgan fingerprint density at radius 1 is 1.29 bits per heavy atom. The van der Waals surface area contributed by atoms with Gasteiger partial charge < -0.3 is 4.74 Å². The molecule has 110 valence electrons. The van der Waals surface area contributed by atoms with Gasteiger partial charge in [0.25, 0.3) is 17.7 Å². The molecule has 4 heterocycles. The number of amides is 3. The van der Waals surface area contributed by atoms with Crippen LogP contribution in [0.3, 0.4) is 0 Å². The van der Waals surface area contributed by atoms with Crippen molar-refractivity contribution in [1.82, 2.24) is 10.4 Å². The quantitative estimate of drug-likeness (QED) is 0.822. The number of carbonyl (C=O) groups is 3. The molecule has 3 saturated heterocycles. The van der Waals surface area contributed by atoms with E-state index in [0.29, 0.717) is 5.56 Å². The summed E-state index contributed by atoms with van der Waals surface area (Å²) in [5.41, 5.74) is 2.92. The third-order valence-corrected chi connectivity index (χ3v) is 5.35. The van der Waals surface area contributed by atoms with E-state index in [9.17, 15) is 14.4 Å². The molecule has 1 aromatic heterocycles. The molecule has 3 amide bonds. The summed E-state index contributed by atoms with van der Waals surface area (Å²) in [6.07, 6.45) is 1.30. The number of nitrogens with one attached hydrogen (secondary N) is 1. The lowest BCUT2D eigenvalue weighted by Crippen LogP contribution is -2.47. The normalized spacial score (nSPS) is 33.7. The van der Waals surface area contributed by atoms with Crippen molar-refractivity contribution in [2.45, 2.75) is 32.0 Å². The summed E-state index contributed by atoms with van der Waals surface area (Å²) >= 11 is 1.45. The Morgan fingerprint density at radius 2 is 1.90 bits per heavy atom. The number of nitrogens with zero attached hydrogens (tertiary/aromatic N) is 1. The Balaban J connectivity index is 1.55. The standard InChI is InChI=1S/C14H14N2O4S/c1-6-4-7(5-21-6)12(17)15-16-13(18)10-8-2-3-9(20-8)11(10)14(16)19/h4-5,8-11H,2-3H2,1H3,(H,15,17)/t8-,9-,10-,11+/m0/s1. The van der Waals surface area contributed by atoms with Crippen LogP contribution in [0.15, 0.2) is 11.4 Å². The molecular weight excluding hydrogens is 292 g/mol. The van der Waals surface area contributed by atoms with Crippen molar-refractivity contribution in [2.75, 3.05) is 0 Å². The lowest BCUT2D eigenvalue weighted by atomic mass is 9.81. The molecule has 0 unspecified atom stereocenters. The molecule has 3 aliphatic heterocycles. The van der Waals surface area contributed by atoms with Crippen molar-refractivity contribution in [1.29, 1.82) is 0 Å². The maximum Gasteiger partial charge on any atom is 0.271 e. The first-order valence-electron chi connectivity index (χ1n) is 6.95. The van der Waals surface area contributed by atoms with Crippen LogP contribution in [0.4, 0.5) is 0 Å². The summed E-state index contributed by atoms with van der Waals surface area (Å²) in [6, 6.07) is 1.73. The number of hydrazine groups is 1. The number of thiophene rings is 1. The number of fused-ring (bicyclic) bond motifs is 5. The minimum Gasteiger partial charge on any atom is -0.373 e. The van der Waals surface area contributed by atoms with Crippen LogP contribution in [-0.2, 0) is 14.3 Å². The lowest BCUT2D eigenvalue weighted by Gasteiger charge is -2.17. The minimum atomic E-state index is -0.422. The van der Waals surface area contributed by atoms with Crippen LogP contribution in [0.1, 0.15) is 28.1 Å². The van der Waals surface area contributed by atoms with E-state index in [-0.39, 0.29) is 24.0 Å². The zero-order valence-corrected chi connectivity index (χ0v) is 12.2. The van der Waals surface area contributed by atoms with Crippen molar-refractivity contribution in [3.05, 3.63) is 21.9 Å².